The minimum absolute atomic E-state index is 0.270. The molecule has 1 nitrogen and oxygen atoms in total. The van der Waals surface area contributed by atoms with Crippen molar-refractivity contribution >= 4 is 18.0 Å². The molecule has 0 fully saturated rings. The molecule has 0 amide bonds. The molecule has 2 aromatic carbocycles. The first-order valence-electron chi connectivity index (χ1n) is 4.78. The van der Waals surface area contributed by atoms with Gasteiger partial charge in [0.25, 0.3) is 0 Å². The quantitative estimate of drug-likeness (QED) is 0.749. The van der Waals surface area contributed by atoms with Crippen molar-refractivity contribution in [3.8, 4) is 0 Å². The van der Waals surface area contributed by atoms with Crippen LogP contribution in [0.5, 0.6) is 0 Å². The van der Waals surface area contributed by atoms with Crippen molar-refractivity contribution in [3.63, 3.8) is 0 Å². The lowest BCUT2D eigenvalue weighted by molar-refractivity contribution is 0.112. The Bertz CT molecular complexity index is 511. The number of carbonyl (C=O) groups excluding carboxylic acids is 1. The van der Waals surface area contributed by atoms with Crippen LogP contribution in [0.25, 0.3) is 0 Å². The molecule has 0 bridgehead atoms. The first kappa shape index (κ1) is 10.9. The fraction of sp³-hybridized carbons (Fsp3) is 0. The number of rotatable bonds is 3. The van der Waals surface area contributed by atoms with Crippen LogP contribution in [0.2, 0.25) is 0 Å². The van der Waals surface area contributed by atoms with E-state index in [0.717, 1.165) is 11.2 Å². The van der Waals surface area contributed by atoms with Crippen molar-refractivity contribution in [1.29, 1.82) is 0 Å². The summed E-state index contributed by atoms with van der Waals surface area (Å²) in [5.74, 6) is -0.270. The molecule has 2 rings (SSSR count). The van der Waals surface area contributed by atoms with Crippen LogP contribution in [-0.2, 0) is 0 Å². The molecule has 0 aliphatic rings. The van der Waals surface area contributed by atoms with Gasteiger partial charge in [0.15, 0.2) is 6.29 Å². The van der Waals surface area contributed by atoms with Gasteiger partial charge < -0.3 is 0 Å². The zero-order valence-electron chi connectivity index (χ0n) is 8.39. The van der Waals surface area contributed by atoms with E-state index < -0.39 is 0 Å². The van der Waals surface area contributed by atoms with Gasteiger partial charge in [-0.15, -0.1) is 0 Å². The largest absolute Gasteiger partial charge is 0.298 e. The maximum atomic E-state index is 13.4. The maximum Gasteiger partial charge on any atom is 0.151 e. The zero-order valence-corrected chi connectivity index (χ0v) is 9.21. The fourth-order valence-corrected chi connectivity index (χ4v) is 2.25. The van der Waals surface area contributed by atoms with E-state index in [1.807, 2.05) is 6.07 Å². The second-order valence-electron chi connectivity index (χ2n) is 3.19. The third-order valence-electron chi connectivity index (χ3n) is 2.10. The third-order valence-corrected chi connectivity index (χ3v) is 3.25. The highest BCUT2D eigenvalue weighted by Crippen LogP contribution is 2.31. The minimum Gasteiger partial charge on any atom is -0.298 e. The van der Waals surface area contributed by atoms with E-state index in [4.69, 9.17) is 0 Å². The molecule has 0 heterocycles. The number of aldehydes is 1. The summed E-state index contributed by atoms with van der Waals surface area (Å²) in [4.78, 5) is 12.1. The molecule has 2 aromatic rings. The Morgan fingerprint density at radius 3 is 2.25 bits per heavy atom. The Labute approximate surface area is 97.3 Å². The van der Waals surface area contributed by atoms with Crippen LogP contribution in [-0.4, -0.2) is 6.29 Å². The van der Waals surface area contributed by atoms with Gasteiger partial charge in [0.2, 0.25) is 0 Å². The lowest BCUT2D eigenvalue weighted by Crippen LogP contribution is -1.85. The smallest absolute Gasteiger partial charge is 0.151 e. The van der Waals surface area contributed by atoms with Crippen LogP contribution in [0.1, 0.15) is 10.4 Å². The summed E-state index contributed by atoms with van der Waals surface area (Å²) >= 11 is 1.26. The zero-order chi connectivity index (χ0) is 11.4. The second kappa shape index (κ2) is 4.94. The van der Waals surface area contributed by atoms with Crippen LogP contribution in [0.4, 0.5) is 4.39 Å². The minimum atomic E-state index is -0.270. The molecule has 0 aromatic heterocycles. The van der Waals surface area contributed by atoms with Gasteiger partial charge in [-0.1, -0.05) is 42.1 Å². The Morgan fingerprint density at radius 2 is 1.56 bits per heavy atom. The van der Waals surface area contributed by atoms with Crippen molar-refractivity contribution in [3.05, 3.63) is 59.9 Å². The lowest BCUT2D eigenvalue weighted by atomic mass is 10.2. The summed E-state index contributed by atoms with van der Waals surface area (Å²) in [6.45, 7) is 0. The summed E-state index contributed by atoms with van der Waals surface area (Å²) in [5, 5.41) is 0. The van der Waals surface area contributed by atoms with E-state index in [1.165, 1.54) is 17.8 Å². The third kappa shape index (κ3) is 2.31. The van der Waals surface area contributed by atoms with Crippen LogP contribution < -0.4 is 0 Å². The van der Waals surface area contributed by atoms with E-state index in [2.05, 4.69) is 0 Å². The number of halogens is 1. The standard InChI is InChI=1S/C13H9FOS/c14-11-6-2-4-8-13(11)16-12-7-3-1-5-10(12)9-15/h1-9H. The Kier molecular flexibility index (Phi) is 3.37. The fourth-order valence-electron chi connectivity index (χ4n) is 1.32. The van der Waals surface area contributed by atoms with E-state index in [-0.39, 0.29) is 5.82 Å². The Hall–Kier alpha value is -1.61. The highest BCUT2D eigenvalue weighted by atomic mass is 32.2. The molecule has 0 N–H and O–H groups in total. The van der Waals surface area contributed by atoms with Gasteiger partial charge in [0.1, 0.15) is 5.82 Å². The topological polar surface area (TPSA) is 17.1 Å². The summed E-state index contributed by atoms with van der Waals surface area (Å²) in [6.07, 6.45) is 0.781. The van der Waals surface area contributed by atoms with Crippen molar-refractivity contribution in [2.45, 2.75) is 9.79 Å². The number of hydrogen-bond acceptors (Lipinski definition) is 2. The van der Waals surface area contributed by atoms with Crippen LogP contribution >= 0.6 is 11.8 Å². The van der Waals surface area contributed by atoms with Crippen molar-refractivity contribution in [2.24, 2.45) is 0 Å². The summed E-state index contributed by atoms with van der Waals surface area (Å²) in [7, 11) is 0. The molecule has 16 heavy (non-hydrogen) atoms. The molecule has 0 radical (unpaired) electrons. The Morgan fingerprint density at radius 1 is 0.938 bits per heavy atom. The van der Waals surface area contributed by atoms with E-state index in [0.29, 0.717) is 10.5 Å². The van der Waals surface area contributed by atoms with Crippen LogP contribution in [0.15, 0.2) is 58.3 Å². The van der Waals surface area contributed by atoms with E-state index in [9.17, 15) is 9.18 Å². The molecular formula is C13H9FOS. The predicted molar refractivity (Wildman–Crippen MR) is 62.4 cm³/mol. The highest BCUT2D eigenvalue weighted by Gasteiger charge is 2.06. The van der Waals surface area contributed by atoms with Crippen LogP contribution in [0.3, 0.4) is 0 Å². The molecule has 0 spiro atoms. The summed E-state index contributed by atoms with van der Waals surface area (Å²) in [6, 6.07) is 13.7. The van der Waals surface area contributed by atoms with Gasteiger partial charge in [-0.05, 0) is 18.2 Å². The summed E-state index contributed by atoms with van der Waals surface area (Å²) in [5.41, 5.74) is 0.579. The molecule has 0 unspecified atom stereocenters. The molecule has 0 saturated carbocycles. The van der Waals surface area contributed by atoms with Gasteiger partial charge >= 0.3 is 0 Å². The lowest BCUT2D eigenvalue weighted by Gasteiger charge is -2.04. The molecule has 3 heteroatoms. The van der Waals surface area contributed by atoms with Crippen molar-refractivity contribution < 1.29 is 9.18 Å². The first-order chi connectivity index (χ1) is 7.81. The van der Waals surface area contributed by atoms with E-state index in [1.54, 1.807) is 36.4 Å². The average Bonchev–Trinajstić information content (AvgIpc) is 2.33. The molecule has 0 aliphatic heterocycles. The molecule has 80 valence electrons. The number of hydrogen-bond donors (Lipinski definition) is 0. The molecule has 0 aliphatic carbocycles. The second-order valence-corrected chi connectivity index (χ2v) is 4.27. The monoisotopic (exact) mass is 232 g/mol. The van der Waals surface area contributed by atoms with Crippen LogP contribution in [0, 0.1) is 5.82 Å². The van der Waals surface area contributed by atoms with Gasteiger partial charge in [-0.2, -0.15) is 0 Å². The average molecular weight is 232 g/mol. The first-order valence-corrected chi connectivity index (χ1v) is 5.59. The van der Waals surface area contributed by atoms with Gasteiger partial charge in [0, 0.05) is 15.4 Å². The van der Waals surface area contributed by atoms with Gasteiger partial charge in [0.05, 0.1) is 0 Å². The SMILES string of the molecule is O=Cc1ccccc1Sc1ccccc1F. The number of benzene rings is 2. The summed E-state index contributed by atoms with van der Waals surface area (Å²) < 4.78 is 13.4. The van der Waals surface area contributed by atoms with E-state index >= 15 is 0 Å². The maximum absolute atomic E-state index is 13.4. The highest BCUT2D eigenvalue weighted by molar-refractivity contribution is 7.99. The Balaban J connectivity index is 2.34. The van der Waals surface area contributed by atoms with Crippen molar-refractivity contribution in [2.75, 3.05) is 0 Å². The normalized spacial score (nSPS) is 10.1. The van der Waals surface area contributed by atoms with Gasteiger partial charge in [-0.3, -0.25) is 4.79 Å². The van der Waals surface area contributed by atoms with Crippen molar-refractivity contribution in [1.82, 2.24) is 0 Å². The van der Waals surface area contributed by atoms with Gasteiger partial charge in [-0.25, -0.2) is 4.39 Å². The molecule has 0 atom stereocenters. The number of carbonyl (C=O) groups is 1. The molecule has 0 saturated heterocycles. The predicted octanol–water partition coefficient (Wildman–Crippen LogP) is 3.79. The molecular weight excluding hydrogens is 223 g/mol.